The van der Waals surface area contributed by atoms with Gasteiger partial charge in [0.1, 0.15) is 6.10 Å². The molecule has 0 spiro atoms. The van der Waals surface area contributed by atoms with Gasteiger partial charge in [-0.1, -0.05) is 6.58 Å². The first-order chi connectivity index (χ1) is 17.5. The lowest BCUT2D eigenvalue weighted by molar-refractivity contribution is -0.186. The number of carbonyl (C=O) groups is 1. The Bertz CT molecular complexity index is 1290. The number of nitrogens with zero attached hydrogens (tertiary/aromatic N) is 6. The molecule has 1 unspecified atom stereocenters. The maximum atomic E-state index is 13.0. The highest BCUT2D eigenvalue weighted by Crippen LogP contribution is 2.36. The highest BCUT2D eigenvalue weighted by molar-refractivity contribution is 5.90. The highest BCUT2D eigenvalue weighted by atomic mass is 19.4. The maximum absolute atomic E-state index is 13.0. The van der Waals surface area contributed by atoms with Gasteiger partial charge in [0.15, 0.2) is 6.23 Å². The molecule has 0 N–H and O–H groups in total. The number of hydrogen-bond acceptors (Lipinski definition) is 6. The van der Waals surface area contributed by atoms with Crippen molar-refractivity contribution >= 4 is 22.9 Å². The minimum Gasteiger partial charge on any atom is -0.472 e. The Kier molecular flexibility index (Phi) is 7.58. The molecule has 37 heavy (non-hydrogen) atoms. The number of rotatable bonds is 8. The van der Waals surface area contributed by atoms with E-state index in [1.165, 1.54) is 11.6 Å². The Morgan fingerprint density at radius 1 is 1.38 bits per heavy atom. The second kappa shape index (κ2) is 10.5. The lowest BCUT2D eigenvalue weighted by atomic mass is 10.1. The van der Waals surface area contributed by atoms with E-state index in [-0.39, 0.29) is 19.3 Å². The second-order valence-electron chi connectivity index (χ2n) is 9.10. The molecule has 1 aliphatic heterocycles. The molecule has 200 valence electrons. The van der Waals surface area contributed by atoms with Crippen molar-refractivity contribution in [3.8, 4) is 17.1 Å². The van der Waals surface area contributed by atoms with E-state index in [0.29, 0.717) is 35.1 Å². The van der Waals surface area contributed by atoms with Gasteiger partial charge in [-0.15, -0.1) is 0 Å². The van der Waals surface area contributed by atoms with Crippen LogP contribution < -0.4 is 4.74 Å². The fourth-order valence-electron chi connectivity index (χ4n) is 4.62. The summed E-state index contributed by atoms with van der Waals surface area (Å²) in [6.45, 7) is 9.15. The number of fused-ring (bicyclic) bond motifs is 1. The summed E-state index contributed by atoms with van der Waals surface area (Å²) in [7, 11) is 1.68. The van der Waals surface area contributed by atoms with E-state index in [9.17, 15) is 18.0 Å². The van der Waals surface area contributed by atoms with Gasteiger partial charge in [0, 0.05) is 25.6 Å². The number of aryl methyl sites for hydroxylation is 2. The maximum Gasteiger partial charge on any atom is 0.471 e. The molecule has 0 aliphatic carbocycles. The van der Waals surface area contributed by atoms with Crippen molar-refractivity contribution in [3.05, 3.63) is 30.2 Å². The zero-order valence-corrected chi connectivity index (χ0v) is 21.4. The minimum atomic E-state index is -4.95. The van der Waals surface area contributed by atoms with E-state index >= 15 is 0 Å². The lowest BCUT2D eigenvalue weighted by Gasteiger charge is -2.26. The molecule has 1 fully saturated rings. The summed E-state index contributed by atoms with van der Waals surface area (Å²) in [4.78, 5) is 17.1. The van der Waals surface area contributed by atoms with Crippen LogP contribution in [0.15, 0.2) is 18.8 Å². The number of aromatic nitrogens is 5. The second-order valence-corrected chi connectivity index (χ2v) is 9.10. The molecule has 3 aromatic rings. The van der Waals surface area contributed by atoms with Crippen LogP contribution in [0.25, 0.3) is 28.2 Å². The quantitative estimate of drug-likeness (QED) is 0.429. The predicted octanol–water partition coefficient (Wildman–Crippen LogP) is 4.66. The van der Waals surface area contributed by atoms with Crippen LogP contribution >= 0.6 is 0 Å². The molecule has 4 heterocycles. The van der Waals surface area contributed by atoms with Crippen LogP contribution in [0.2, 0.25) is 0 Å². The number of pyridine rings is 1. The fraction of sp³-hybridized carbons (Fsp3) is 0.520. The summed E-state index contributed by atoms with van der Waals surface area (Å²) in [6, 6.07) is 1.88. The van der Waals surface area contributed by atoms with E-state index < -0.39 is 18.2 Å². The first-order valence-corrected chi connectivity index (χ1v) is 12.2. The van der Waals surface area contributed by atoms with Crippen LogP contribution in [0, 0.1) is 6.92 Å². The summed E-state index contributed by atoms with van der Waals surface area (Å²) in [6.07, 6.45) is 0.489. The van der Waals surface area contributed by atoms with Gasteiger partial charge in [0.25, 0.3) is 0 Å². The Morgan fingerprint density at radius 3 is 2.76 bits per heavy atom. The Hall–Kier alpha value is -3.41. The average Bonchev–Trinajstić information content (AvgIpc) is 3.37. The summed E-state index contributed by atoms with van der Waals surface area (Å²) >= 11 is 0. The third kappa shape index (κ3) is 5.34. The summed E-state index contributed by atoms with van der Waals surface area (Å²) < 4.78 is 54.2. The van der Waals surface area contributed by atoms with Gasteiger partial charge in [-0.2, -0.15) is 23.4 Å². The number of carbonyl (C=O) groups excluding carboxylic acids is 1. The summed E-state index contributed by atoms with van der Waals surface area (Å²) in [5.74, 6) is -1.55. The van der Waals surface area contributed by atoms with Crippen LogP contribution in [0.4, 0.5) is 13.2 Å². The van der Waals surface area contributed by atoms with E-state index in [1.54, 1.807) is 33.2 Å². The van der Waals surface area contributed by atoms with Crippen molar-refractivity contribution in [1.29, 1.82) is 0 Å². The molecular weight excluding hydrogens is 489 g/mol. The van der Waals surface area contributed by atoms with Gasteiger partial charge < -0.3 is 14.4 Å². The average molecular weight is 521 g/mol. The predicted molar refractivity (Wildman–Crippen MR) is 132 cm³/mol. The van der Waals surface area contributed by atoms with Crippen LogP contribution in [-0.2, 0) is 16.6 Å². The summed E-state index contributed by atoms with van der Waals surface area (Å²) in [5.41, 5.74) is 3.32. The van der Waals surface area contributed by atoms with Crippen LogP contribution in [-0.4, -0.2) is 67.3 Å². The zero-order chi connectivity index (χ0) is 26.9. The largest absolute Gasteiger partial charge is 0.472 e. The third-order valence-corrected chi connectivity index (χ3v) is 6.37. The van der Waals surface area contributed by atoms with Crippen molar-refractivity contribution in [2.45, 2.75) is 58.5 Å². The van der Waals surface area contributed by atoms with Crippen LogP contribution in [0.3, 0.4) is 0 Å². The third-order valence-electron chi connectivity index (χ3n) is 6.37. The molecule has 1 saturated heterocycles. The topological polar surface area (TPSA) is 87.3 Å². The zero-order valence-electron chi connectivity index (χ0n) is 21.4. The number of hydrogen-bond donors (Lipinski definition) is 0. The fourth-order valence-corrected chi connectivity index (χ4v) is 4.62. The van der Waals surface area contributed by atoms with Crippen molar-refractivity contribution in [1.82, 2.24) is 29.4 Å². The van der Waals surface area contributed by atoms with Gasteiger partial charge in [-0.25, -0.2) is 9.36 Å². The molecule has 2 atom stereocenters. The first kappa shape index (κ1) is 26.6. The van der Waals surface area contributed by atoms with Crippen molar-refractivity contribution in [3.63, 3.8) is 0 Å². The minimum absolute atomic E-state index is 0.0967. The van der Waals surface area contributed by atoms with Gasteiger partial charge in [0.2, 0.25) is 5.88 Å². The van der Waals surface area contributed by atoms with E-state index in [2.05, 4.69) is 16.7 Å². The molecule has 0 aromatic carbocycles. The van der Waals surface area contributed by atoms with Gasteiger partial charge in [-0.3, -0.25) is 9.78 Å². The number of halogens is 3. The molecule has 0 bridgehead atoms. The molecule has 12 heteroatoms. The number of alkyl halides is 3. The Morgan fingerprint density at radius 2 is 2.14 bits per heavy atom. The van der Waals surface area contributed by atoms with Crippen molar-refractivity contribution in [2.24, 2.45) is 7.05 Å². The monoisotopic (exact) mass is 520 g/mol. The van der Waals surface area contributed by atoms with Crippen molar-refractivity contribution in [2.75, 3.05) is 19.7 Å². The molecule has 1 aliphatic rings. The molecule has 4 rings (SSSR count). The molecule has 9 nitrogen and oxygen atoms in total. The first-order valence-electron chi connectivity index (χ1n) is 12.2. The van der Waals surface area contributed by atoms with E-state index in [0.717, 1.165) is 35.1 Å². The molecule has 0 saturated carbocycles. The van der Waals surface area contributed by atoms with Gasteiger partial charge in [-0.05, 0) is 52.2 Å². The van der Waals surface area contributed by atoms with E-state index in [4.69, 9.17) is 14.6 Å². The van der Waals surface area contributed by atoms with E-state index in [1.807, 2.05) is 10.7 Å². The standard InChI is InChI=1S/C25H31F3N6O3/c1-6-18-17-12-19(29-13-20(17)34(31-18)21-10-8-9-11-36-21)22-16(4)30-32(5)23(22)37-15(3)14-33(7-2)24(35)25(26,27)28/h6,12-13,15,21H,1,7-11,14H2,2-5H3/t15-,21?/m0/s1. The molecule has 0 radical (unpaired) electrons. The molecule has 3 aromatic heterocycles. The van der Waals surface area contributed by atoms with Crippen LogP contribution in [0.1, 0.15) is 50.7 Å². The molecule has 1 amide bonds. The van der Waals surface area contributed by atoms with Crippen molar-refractivity contribution < 1.29 is 27.4 Å². The van der Waals surface area contributed by atoms with Gasteiger partial charge in [0.05, 0.1) is 40.9 Å². The highest BCUT2D eigenvalue weighted by Gasteiger charge is 2.42. The number of ether oxygens (including phenoxy) is 2. The normalized spacial score (nSPS) is 17.1. The molecular formula is C25H31F3N6O3. The van der Waals surface area contributed by atoms with Gasteiger partial charge >= 0.3 is 12.1 Å². The van der Waals surface area contributed by atoms with Crippen LogP contribution in [0.5, 0.6) is 5.88 Å². The number of amides is 1. The lowest BCUT2D eigenvalue weighted by Crippen LogP contribution is -2.45. The Balaban J connectivity index is 1.66. The SMILES string of the molecule is C=Cc1nn(C2CCCCO2)c2cnc(-c3c(C)nn(C)c3O[C@@H](C)CN(CC)C(=O)C(F)(F)F)cc12. The smallest absolute Gasteiger partial charge is 0.471 e. The number of likely N-dealkylation sites (N-methyl/N-ethyl adjacent to an activating group) is 1. The summed E-state index contributed by atoms with van der Waals surface area (Å²) in [5, 5.41) is 9.98. The Labute approximate surface area is 212 Å².